The maximum absolute atomic E-state index is 10.7. The van der Waals surface area contributed by atoms with Gasteiger partial charge in [0, 0.05) is 17.1 Å². The maximum atomic E-state index is 10.7. The van der Waals surface area contributed by atoms with Gasteiger partial charge >= 0.3 is 5.97 Å². The highest BCUT2D eigenvalue weighted by Gasteiger charge is 2.12. The maximum Gasteiger partial charge on any atom is 0.320 e. The molecule has 100 valence electrons. The minimum absolute atomic E-state index is 0.0572. The third-order valence-corrected chi connectivity index (χ3v) is 2.59. The average Bonchev–Trinajstić information content (AvgIpc) is 2.28. The van der Waals surface area contributed by atoms with Crippen LogP contribution in [0, 0.1) is 0 Å². The number of halogens is 1. The average molecular weight is 272 g/mol. The van der Waals surface area contributed by atoms with Crippen LogP contribution in [0.15, 0.2) is 18.2 Å². The molecule has 0 fully saturated rings. The van der Waals surface area contributed by atoms with E-state index in [-0.39, 0.29) is 6.10 Å². The first kappa shape index (κ1) is 14.8. The smallest absolute Gasteiger partial charge is 0.320 e. The molecule has 1 atom stereocenters. The number of hydrogen-bond donors (Lipinski definition) is 2. The van der Waals surface area contributed by atoms with Crippen molar-refractivity contribution in [3.05, 3.63) is 28.8 Å². The van der Waals surface area contributed by atoms with Crippen LogP contribution in [0.4, 0.5) is 0 Å². The molecule has 4 nitrogen and oxygen atoms in total. The van der Waals surface area contributed by atoms with Crippen molar-refractivity contribution in [2.45, 2.75) is 39.5 Å². The zero-order chi connectivity index (χ0) is 13.7. The first-order valence-corrected chi connectivity index (χ1v) is 6.19. The zero-order valence-corrected chi connectivity index (χ0v) is 11.5. The minimum Gasteiger partial charge on any atom is -0.491 e. The van der Waals surface area contributed by atoms with Gasteiger partial charge in [0.15, 0.2) is 0 Å². The summed E-state index contributed by atoms with van der Waals surface area (Å²) in [5, 5.41) is 12.3. The molecular formula is C13H18ClNO3. The van der Waals surface area contributed by atoms with Crippen molar-refractivity contribution >= 4 is 17.6 Å². The highest BCUT2D eigenvalue weighted by molar-refractivity contribution is 6.30. The van der Waals surface area contributed by atoms with Crippen LogP contribution in [0.5, 0.6) is 5.75 Å². The summed E-state index contributed by atoms with van der Waals surface area (Å²) in [6.07, 6.45) is 0.0572. The fraction of sp³-hybridized carbons (Fsp3) is 0.462. The molecule has 5 heteroatoms. The number of ether oxygens (including phenoxy) is 1. The molecule has 1 unspecified atom stereocenters. The largest absolute Gasteiger partial charge is 0.491 e. The highest BCUT2D eigenvalue weighted by atomic mass is 35.5. The van der Waals surface area contributed by atoms with Gasteiger partial charge < -0.3 is 15.2 Å². The molecule has 0 aliphatic carbocycles. The number of benzene rings is 1. The Hall–Kier alpha value is -1.26. The molecule has 0 aromatic heterocycles. The molecule has 0 spiro atoms. The van der Waals surface area contributed by atoms with E-state index < -0.39 is 12.0 Å². The van der Waals surface area contributed by atoms with E-state index in [1.807, 2.05) is 13.8 Å². The van der Waals surface area contributed by atoms with Crippen molar-refractivity contribution in [2.24, 2.45) is 0 Å². The second-order valence-corrected chi connectivity index (χ2v) is 4.80. The number of aliphatic carboxylic acids is 1. The summed E-state index contributed by atoms with van der Waals surface area (Å²) in [6.45, 7) is 5.86. The molecule has 1 aromatic carbocycles. The Bertz CT molecular complexity index is 421. The van der Waals surface area contributed by atoms with Gasteiger partial charge in [0.05, 0.1) is 6.10 Å². The van der Waals surface area contributed by atoms with E-state index in [0.717, 1.165) is 11.3 Å². The highest BCUT2D eigenvalue weighted by Crippen LogP contribution is 2.24. The van der Waals surface area contributed by atoms with Crippen LogP contribution in [0.1, 0.15) is 26.3 Å². The number of carboxylic acid groups (broad SMARTS) is 1. The number of rotatable bonds is 6. The van der Waals surface area contributed by atoms with Crippen LogP contribution in [0.3, 0.4) is 0 Å². The summed E-state index contributed by atoms with van der Waals surface area (Å²) >= 11 is 5.93. The Morgan fingerprint density at radius 3 is 2.67 bits per heavy atom. The second kappa shape index (κ2) is 6.61. The molecule has 0 amide bonds. The SMILES string of the molecule is CC(C)Oc1ccc(Cl)cc1CNC(C)C(=O)O. The van der Waals surface area contributed by atoms with Crippen molar-refractivity contribution in [1.82, 2.24) is 5.32 Å². The summed E-state index contributed by atoms with van der Waals surface area (Å²) in [5.41, 5.74) is 0.851. The predicted molar refractivity (Wildman–Crippen MR) is 71.2 cm³/mol. The number of hydrogen-bond acceptors (Lipinski definition) is 3. The number of carboxylic acids is 1. The predicted octanol–water partition coefficient (Wildman–Crippen LogP) is 2.69. The van der Waals surface area contributed by atoms with Crippen molar-refractivity contribution in [2.75, 3.05) is 0 Å². The van der Waals surface area contributed by atoms with Crippen molar-refractivity contribution in [3.8, 4) is 5.75 Å². The fourth-order valence-corrected chi connectivity index (χ4v) is 1.60. The quantitative estimate of drug-likeness (QED) is 0.835. The first-order valence-electron chi connectivity index (χ1n) is 5.81. The second-order valence-electron chi connectivity index (χ2n) is 4.36. The van der Waals surface area contributed by atoms with Crippen LogP contribution in [-0.2, 0) is 11.3 Å². The van der Waals surface area contributed by atoms with Crippen LogP contribution in [0.25, 0.3) is 0 Å². The van der Waals surface area contributed by atoms with Gasteiger partial charge in [-0.05, 0) is 39.0 Å². The van der Waals surface area contributed by atoms with Crippen molar-refractivity contribution in [3.63, 3.8) is 0 Å². The number of carbonyl (C=O) groups is 1. The summed E-state index contributed by atoms with van der Waals surface area (Å²) < 4.78 is 5.65. The van der Waals surface area contributed by atoms with Gasteiger partial charge in [-0.25, -0.2) is 0 Å². The monoisotopic (exact) mass is 271 g/mol. The standard InChI is InChI=1S/C13H18ClNO3/c1-8(2)18-12-5-4-11(14)6-10(12)7-15-9(3)13(16)17/h4-6,8-9,15H,7H2,1-3H3,(H,16,17). The van der Waals surface area contributed by atoms with Crippen LogP contribution >= 0.6 is 11.6 Å². The molecule has 0 aliphatic heterocycles. The molecule has 0 saturated carbocycles. The van der Waals surface area contributed by atoms with E-state index in [2.05, 4.69) is 5.32 Å². The van der Waals surface area contributed by atoms with Crippen LogP contribution < -0.4 is 10.1 Å². The van der Waals surface area contributed by atoms with E-state index in [0.29, 0.717) is 11.6 Å². The van der Waals surface area contributed by atoms with Gasteiger partial charge in [-0.3, -0.25) is 4.79 Å². The zero-order valence-electron chi connectivity index (χ0n) is 10.7. The Morgan fingerprint density at radius 1 is 1.44 bits per heavy atom. The molecule has 2 N–H and O–H groups in total. The summed E-state index contributed by atoms with van der Waals surface area (Å²) in [6, 6.07) is 4.71. The van der Waals surface area contributed by atoms with Crippen LogP contribution in [-0.4, -0.2) is 23.2 Å². The summed E-state index contributed by atoms with van der Waals surface area (Å²) in [4.78, 5) is 10.7. The van der Waals surface area contributed by atoms with Gasteiger partial charge in [0.2, 0.25) is 0 Å². The molecule has 0 saturated heterocycles. The fourth-order valence-electron chi connectivity index (χ4n) is 1.41. The molecule has 1 aromatic rings. The number of nitrogens with one attached hydrogen (secondary N) is 1. The lowest BCUT2D eigenvalue weighted by atomic mass is 10.2. The van der Waals surface area contributed by atoms with Gasteiger partial charge in [-0.1, -0.05) is 11.6 Å². The van der Waals surface area contributed by atoms with E-state index in [1.165, 1.54) is 0 Å². The Balaban J connectivity index is 2.78. The third-order valence-electron chi connectivity index (χ3n) is 2.35. The Labute approximate surface area is 112 Å². The van der Waals surface area contributed by atoms with Gasteiger partial charge in [-0.15, -0.1) is 0 Å². The topological polar surface area (TPSA) is 58.6 Å². The van der Waals surface area contributed by atoms with E-state index in [9.17, 15) is 4.79 Å². The lowest BCUT2D eigenvalue weighted by Crippen LogP contribution is -2.33. The summed E-state index contributed by atoms with van der Waals surface area (Å²) in [5.74, 6) is -0.164. The van der Waals surface area contributed by atoms with Crippen molar-refractivity contribution in [1.29, 1.82) is 0 Å². The molecule has 0 aliphatic rings. The molecule has 18 heavy (non-hydrogen) atoms. The van der Waals surface area contributed by atoms with E-state index in [1.54, 1.807) is 25.1 Å². The lowest BCUT2D eigenvalue weighted by molar-refractivity contribution is -0.139. The molecule has 0 radical (unpaired) electrons. The van der Waals surface area contributed by atoms with Gasteiger partial charge in [0.1, 0.15) is 11.8 Å². The molecule has 0 heterocycles. The van der Waals surface area contributed by atoms with E-state index in [4.69, 9.17) is 21.4 Å². The van der Waals surface area contributed by atoms with Gasteiger partial charge in [0.25, 0.3) is 0 Å². The minimum atomic E-state index is -0.886. The van der Waals surface area contributed by atoms with Crippen LogP contribution in [0.2, 0.25) is 5.02 Å². The lowest BCUT2D eigenvalue weighted by Gasteiger charge is -2.16. The molecule has 1 rings (SSSR count). The molecule has 0 bridgehead atoms. The van der Waals surface area contributed by atoms with E-state index >= 15 is 0 Å². The third kappa shape index (κ3) is 4.55. The summed E-state index contributed by atoms with van der Waals surface area (Å²) in [7, 11) is 0. The molecular weight excluding hydrogens is 254 g/mol. The van der Waals surface area contributed by atoms with Gasteiger partial charge in [-0.2, -0.15) is 0 Å². The van der Waals surface area contributed by atoms with Crippen molar-refractivity contribution < 1.29 is 14.6 Å². The Kier molecular flexibility index (Phi) is 5.44. The Morgan fingerprint density at radius 2 is 2.11 bits per heavy atom. The normalized spacial score (nSPS) is 12.5. The first-order chi connectivity index (χ1) is 8.40.